The molecule has 2 rings (SSSR count). The maximum Gasteiger partial charge on any atom is 0.236 e. The molecule has 5 heteroatoms. The fourth-order valence-corrected chi connectivity index (χ4v) is 2.25. The number of hydrogen-bond donors (Lipinski definition) is 1. The Morgan fingerprint density at radius 2 is 2.11 bits per heavy atom. The number of hydrogen-bond acceptors (Lipinski definition) is 3. The Bertz CT molecular complexity index is 370. The van der Waals surface area contributed by atoms with E-state index >= 15 is 0 Å². The van der Waals surface area contributed by atoms with Crippen molar-refractivity contribution < 1.29 is 4.79 Å². The summed E-state index contributed by atoms with van der Waals surface area (Å²) in [5.41, 5.74) is 0. The molecule has 1 aromatic heterocycles. The Kier molecular flexibility index (Phi) is 4.36. The highest BCUT2D eigenvalue weighted by atomic mass is 16.2. The summed E-state index contributed by atoms with van der Waals surface area (Å²) in [5.74, 6) is 0.215. The zero-order valence-corrected chi connectivity index (χ0v) is 11.2. The minimum atomic E-state index is 0.215. The molecule has 1 amide bonds. The highest BCUT2D eigenvalue weighted by Gasteiger charge is 2.20. The van der Waals surface area contributed by atoms with Gasteiger partial charge in [-0.15, -0.1) is 0 Å². The largest absolute Gasteiger partial charge is 0.342 e. The van der Waals surface area contributed by atoms with Crippen molar-refractivity contribution in [3.63, 3.8) is 0 Å². The van der Waals surface area contributed by atoms with Gasteiger partial charge in [0.05, 0.1) is 12.6 Å². The first-order chi connectivity index (χ1) is 8.68. The first kappa shape index (κ1) is 13.1. The Hall–Kier alpha value is -1.36. The minimum absolute atomic E-state index is 0.215. The summed E-state index contributed by atoms with van der Waals surface area (Å²) in [7, 11) is 0. The van der Waals surface area contributed by atoms with Crippen LogP contribution in [0.3, 0.4) is 0 Å². The zero-order chi connectivity index (χ0) is 13.0. The number of nitrogens with zero attached hydrogens (tertiary/aromatic N) is 3. The van der Waals surface area contributed by atoms with Crippen LogP contribution in [0.25, 0.3) is 0 Å². The average molecular weight is 250 g/mol. The molecule has 0 saturated carbocycles. The molecule has 1 saturated heterocycles. The number of nitrogens with one attached hydrogen (secondary N) is 1. The van der Waals surface area contributed by atoms with Crippen LogP contribution in [0.4, 0.5) is 0 Å². The molecule has 2 heterocycles. The molecular weight excluding hydrogens is 228 g/mol. The van der Waals surface area contributed by atoms with E-state index in [0.717, 1.165) is 25.9 Å². The maximum absolute atomic E-state index is 11.9. The van der Waals surface area contributed by atoms with Crippen LogP contribution in [-0.2, 0) is 4.79 Å². The molecule has 1 aromatic rings. The number of rotatable bonds is 5. The molecule has 18 heavy (non-hydrogen) atoms. The lowest BCUT2D eigenvalue weighted by atomic mass is 10.2. The number of carbonyl (C=O) groups excluding carboxylic acids is 1. The molecule has 1 aliphatic heterocycles. The number of likely N-dealkylation sites (tertiary alicyclic amines) is 1. The van der Waals surface area contributed by atoms with Gasteiger partial charge in [0, 0.05) is 31.5 Å². The van der Waals surface area contributed by atoms with E-state index in [1.54, 1.807) is 6.20 Å². The first-order valence-electron chi connectivity index (χ1n) is 6.69. The molecule has 2 atom stereocenters. The topological polar surface area (TPSA) is 50.2 Å². The van der Waals surface area contributed by atoms with Crippen LogP contribution in [0.2, 0.25) is 0 Å². The molecule has 1 N–H and O–H groups in total. The third-order valence-electron chi connectivity index (χ3n) is 3.70. The van der Waals surface area contributed by atoms with Crippen LogP contribution >= 0.6 is 0 Å². The molecule has 1 aliphatic rings. The van der Waals surface area contributed by atoms with Gasteiger partial charge in [-0.3, -0.25) is 9.48 Å². The van der Waals surface area contributed by atoms with Crippen molar-refractivity contribution in [1.82, 2.24) is 20.0 Å². The number of carbonyl (C=O) groups is 1. The maximum atomic E-state index is 11.9. The molecule has 0 aromatic carbocycles. The Balaban J connectivity index is 1.77. The van der Waals surface area contributed by atoms with Crippen molar-refractivity contribution in [2.75, 3.05) is 19.6 Å². The van der Waals surface area contributed by atoms with Crippen LogP contribution in [0.15, 0.2) is 18.5 Å². The van der Waals surface area contributed by atoms with Gasteiger partial charge in [0.1, 0.15) is 0 Å². The predicted molar refractivity (Wildman–Crippen MR) is 70.2 cm³/mol. The van der Waals surface area contributed by atoms with Crippen LogP contribution in [0, 0.1) is 0 Å². The highest BCUT2D eigenvalue weighted by Crippen LogP contribution is 2.10. The van der Waals surface area contributed by atoms with Gasteiger partial charge < -0.3 is 10.2 Å². The quantitative estimate of drug-likeness (QED) is 0.849. The average Bonchev–Trinajstić information content (AvgIpc) is 3.05. The fraction of sp³-hybridized carbons (Fsp3) is 0.692. The monoisotopic (exact) mass is 250 g/mol. The second-order valence-electron chi connectivity index (χ2n) is 4.98. The second-order valence-corrected chi connectivity index (χ2v) is 4.98. The zero-order valence-electron chi connectivity index (χ0n) is 11.2. The normalized spacial score (nSPS) is 18.9. The minimum Gasteiger partial charge on any atom is -0.342 e. The van der Waals surface area contributed by atoms with Gasteiger partial charge >= 0.3 is 0 Å². The molecule has 0 aliphatic carbocycles. The lowest BCUT2D eigenvalue weighted by Gasteiger charge is -2.23. The molecule has 0 spiro atoms. The fourth-order valence-electron chi connectivity index (χ4n) is 2.25. The van der Waals surface area contributed by atoms with E-state index in [2.05, 4.69) is 24.3 Å². The third kappa shape index (κ3) is 3.10. The van der Waals surface area contributed by atoms with E-state index in [1.165, 1.54) is 0 Å². The molecule has 5 nitrogen and oxygen atoms in total. The number of aromatic nitrogens is 2. The van der Waals surface area contributed by atoms with E-state index in [0.29, 0.717) is 6.54 Å². The molecule has 0 radical (unpaired) electrons. The summed E-state index contributed by atoms with van der Waals surface area (Å²) in [6.07, 6.45) is 6.01. The van der Waals surface area contributed by atoms with Crippen LogP contribution in [0.1, 0.15) is 32.7 Å². The molecule has 0 bridgehead atoms. The van der Waals surface area contributed by atoms with Crippen LogP contribution < -0.4 is 5.32 Å². The van der Waals surface area contributed by atoms with Crippen molar-refractivity contribution in [1.29, 1.82) is 0 Å². The smallest absolute Gasteiger partial charge is 0.236 e. The molecular formula is C13H22N4O. The van der Waals surface area contributed by atoms with Crippen LogP contribution in [0.5, 0.6) is 0 Å². The predicted octanol–water partition coefficient (Wildman–Crippen LogP) is 1.04. The van der Waals surface area contributed by atoms with Gasteiger partial charge in [-0.25, -0.2) is 0 Å². The summed E-state index contributed by atoms with van der Waals surface area (Å²) < 4.78 is 1.91. The second kappa shape index (κ2) is 6.00. The lowest BCUT2D eigenvalue weighted by molar-refractivity contribution is -0.129. The van der Waals surface area contributed by atoms with E-state index in [9.17, 15) is 4.79 Å². The molecule has 0 unspecified atom stereocenters. The molecule has 1 fully saturated rings. The van der Waals surface area contributed by atoms with Crippen LogP contribution in [-0.4, -0.2) is 46.3 Å². The Morgan fingerprint density at radius 3 is 2.72 bits per heavy atom. The van der Waals surface area contributed by atoms with E-state index in [4.69, 9.17) is 0 Å². The van der Waals surface area contributed by atoms with Gasteiger partial charge in [0.25, 0.3) is 0 Å². The summed E-state index contributed by atoms with van der Waals surface area (Å²) in [5, 5.41) is 7.52. The van der Waals surface area contributed by atoms with E-state index < -0.39 is 0 Å². The van der Waals surface area contributed by atoms with Gasteiger partial charge in [-0.05, 0) is 32.8 Å². The molecule has 100 valence electrons. The number of amides is 1. The summed E-state index contributed by atoms with van der Waals surface area (Å²) in [4.78, 5) is 13.8. The van der Waals surface area contributed by atoms with Gasteiger partial charge in [-0.2, -0.15) is 5.10 Å². The van der Waals surface area contributed by atoms with Crippen molar-refractivity contribution >= 4 is 5.91 Å². The van der Waals surface area contributed by atoms with E-state index in [1.807, 2.05) is 21.8 Å². The Labute approximate surface area is 108 Å². The van der Waals surface area contributed by atoms with Gasteiger partial charge in [-0.1, -0.05) is 0 Å². The van der Waals surface area contributed by atoms with Crippen molar-refractivity contribution in [3.05, 3.63) is 18.5 Å². The lowest BCUT2D eigenvalue weighted by Crippen LogP contribution is -2.42. The van der Waals surface area contributed by atoms with E-state index in [-0.39, 0.29) is 18.0 Å². The van der Waals surface area contributed by atoms with Crippen molar-refractivity contribution in [2.24, 2.45) is 0 Å². The Morgan fingerprint density at radius 1 is 1.39 bits per heavy atom. The first-order valence-corrected chi connectivity index (χ1v) is 6.69. The van der Waals surface area contributed by atoms with Crippen molar-refractivity contribution in [3.8, 4) is 0 Å². The summed E-state index contributed by atoms with van der Waals surface area (Å²) in [6, 6.07) is 2.38. The summed E-state index contributed by atoms with van der Waals surface area (Å²) >= 11 is 0. The summed E-state index contributed by atoms with van der Waals surface area (Å²) in [6.45, 7) is 6.45. The van der Waals surface area contributed by atoms with Gasteiger partial charge in [0.15, 0.2) is 0 Å². The third-order valence-corrected chi connectivity index (χ3v) is 3.70. The van der Waals surface area contributed by atoms with Crippen molar-refractivity contribution in [2.45, 2.75) is 38.8 Å². The van der Waals surface area contributed by atoms with Gasteiger partial charge in [0.2, 0.25) is 5.91 Å². The SMILES string of the molecule is C[C@@H](NCC(=O)N1CCCC1)[C@H](C)n1cccn1. The standard InChI is InChI=1S/C13H22N4O/c1-11(12(2)17-9-5-6-15-17)14-10-13(18)16-7-3-4-8-16/h5-6,9,11-12,14H,3-4,7-8,10H2,1-2H3/t11-,12+/m1/s1. The highest BCUT2D eigenvalue weighted by molar-refractivity contribution is 5.78.